The molecule has 0 bridgehead atoms. The van der Waals surface area contributed by atoms with Crippen LogP contribution in [0, 0.1) is 13.8 Å². The first-order valence-electron chi connectivity index (χ1n) is 7.62. The van der Waals surface area contributed by atoms with E-state index in [1.807, 2.05) is 62.4 Å². The zero-order valence-corrected chi connectivity index (χ0v) is 15.2. The van der Waals surface area contributed by atoms with E-state index in [0.29, 0.717) is 5.56 Å². The highest BCUT2D eigenvalue weighted by molar-refractivity contribution is 7.98. The average Bonchev–Trinajstić information content (AvgIpc) is 3.01. The zero-order chi connectivity index (χ0) is 16.9. The maximum Gasteiger partial charge on any atom is 0.255 e. The van der Waals surface area contributed by atoms with Gasteiger partial charge in [-0.2, -0.15) is 0 Å². The number of thioether (sulfide) groups is 1. The summed E-state index contributed by atoms with van der Waals surface area (Å²) in [6.45, 7) is 4.04. The van der Waals surface area contributed by atoms with Gasteiger partial charge in [-0.3, -0.25) is 4.79 Å². The number of nitrogens with one attached hydrogen (secondary N) is 1. The Morgan fingerprint density at radius 1 is 1.08 bits per heavy atom. The van der Waals surface area contributed by atoms with Crippen molar-refractivity contribution >= 4 is 34.7 Å². The number of benzene rings is 2. The van der Waals surface area contributed by atoms with E-state index in [0.717, 1.165) is 27.0 Å². The molecule has 3 nitrogen and oxygen atoms in total. The highest BCUT2D eigenvalue weighted by Gasteiger charge is 2.06. The van der Waals surface area contributed by atoms with Crippen molar-refractivity contribution in [1.82, 2.24) is 4.98 Å². The number of hydrogen-bond donors (Lipinski definition) is 1. The molecule has 0 aliphatic heterocycles. The molecule has 0 saturated heterocycles. The van der Waals surface area contributed by atoms with Crippen LogP contribution in [-0.4, -0.2) is 10.9 Å². The minimum Gasteiger partial charge on any atom is -0.322 e. The van der Waals surface area contributed by atoms with Gasteiger partial charge in [0, 0.05) is 27.3 Å². The summed E-state index contributed by atoms with van der Waals surface area (Å²) in [7, 11) is 0. The lowest BCUT2D eigenvalue weighted by molar-refractivity contribution is 0.102. The standard InChI is InChI=1S/C19H18N2OS2/c1-13-3-7-16(8-4-13)21-19(22)15-5-9-18(10-6-15)24-12-17-11-23-14(2)20-17/h3-11H,12H2,1-2H3,(H,21,22). The minimum atomic E-state index is -0.0921. The summed E-state index contributed by atoms with van der Waals surface area (Å²) in [5.74, 6) is 0.754. The lowest BCUT2D eigenvalue weighted by Crippen LogP contribution is -2.11. The second-order valence-corrected chi connectivity index (χ2v) is 7.60. The second kappa shape index (κ2) is 7.64. The van der Waals surface area contributed by atoms with Crippen LogP contribution >= 0.6 is 23.1 Å². The molecule has 1 amide bonds. The molecule has 24 heavy (non-hydrogen) atoms. The Balaban J connectivity index is 1.59. The Morgan fingerprint density at radius 2 is 1.79 bits per heavy atom. The Kier molecular flexibility index (Phi) is 5.33. The summed E-state index contributed by atoms with van der Waals surface area (Å²) in [6, 6.07) is 15.5. The van der Waals surface area contributed by atoms with Crippen LogP contribution in [0.5, 0.6) is 0 Å². The van der Waals surface area contributed by atoms with Gasteiger partial charge in [0.25, 0.3) is 5.91 Å². The van der Waals surface area contributed by atoms with Crippen molar-refractivity contribution in [1.29, 1.82) is 0 Å². The van der Waals surface area contributed by atoms with Gasteiger partial charge in [-0.05, 0) is 50.2 Å². The molecule has 0 unspecified atom stereocenters. The topological polar surface area (TPSA) is 42.0 Å². The van der Waals surface area contributed by atoms with Crippen molar-refractivity contribution in [2.24, 2.45) is 0 Å². The number of carbonyl (C=O) groups is 1. The monoisotopic (exact) mass is 354 g/mol. The molecule has 1 heterocycles. The average molecular weight is 355 g/mol. The first-order valence-corrected chi connectivity index (χ1v) is 9.48. The van der Waals surface area contributed by atoms with Gasteiger partial charge in [0.2, 0.25) is 0 Å². The van der Waals surface area contributed by atoms with E-state index in [2.05, 4.69) is 15.7 Å². The largest absolute Gasteiger partial charge is 0.322 e. The van der Waals surface area contributed by atoms with Gasteiger partial charge in [-0.25, -0.2) is 4.98 Å². The molecule has 0 fully saturated rings. The van der Waals surface area contributed by atoms with Gasteiger partial charge < -0.3 is 5.32 Å². The Bertz CT molecular complexity index is 823. The van der Waals surface area contributed by atoms with E-state index in [4.69, 9.17) is 0 Å². The summed E-state index contributed by atoms with van der Waals surface area (Å²) in [6.07, 6.45) is 0. The number of amides is 1. The molecule has 1 N–H and O–H groups in total. The third-order valence-electron chi connectivity index (χ3n) is 3.48. The van der Waals surface area contributed by atoms with Crippen LogP contribution < -0.4 is 5.32 Å². The molecule has 5 heteroatoms. The number of aromatic nitrogens is 1. The number of anilines is 1. The van der Waals surface area contributed by atoms with E-state index < -0.39 is 0 Å². The predicted molar refractivity (Wildman–Crippen MR) is 102 cm³/mol. The molecule has 0 aliphatic rings. The normalized spacial score (nSPS) is 10.6. The highest BCUT2D eigenvalue weighted by Crippen LogP contribution is 2.24. The lowest BCUT2D eigenvalue weighted by Gasteiger charge is -2.06. The number of nitrogens with zero attached hydrogens (tertiary/aromatic N) is 1. The van der Waals surface area contributed by atoms with Crippen LogP contribution in [0.1, 0.15) is 26.6 Å². The molecular weight excluding hydrogens is 336 g/mol. The summed E-state index contributed by atoms with van der Waals surface area (Å²) in [5, 5.41) is 6.09. The number of hydrogen-bond acceptors (Lipinski definition) is 4. The van der Waals surface area contributed by atoms with Crippen molar-refractivity contribution < 1.29 is 4.79 Å². The summed E-state index contributed by atoms with van der Waals surface area (Å²) in [5.41, 5.74) is 3.74. The SMILES string of the molecule is Cc1ccc(NC(=O)c2ccc(SCc3csc(C)n3)cc2)cc1. The predicted octanol–water partition coefficient (Wildman–Crippen LogP) is 5.30. The highest BCUT2D eigenvalue weighted by atomic mass is 32.2. The van der Waals surface area contributed by atoms with Crippen molar-refractivity contribution in [2.45, 2.75) is 24.5 Å². The van der Waals surface area contributed by atoms with Gasteiger partial charge in [0.05, 0.1) is 10.7 Å². The van der Waals surface area contributed by atoms with Crippen LogP contribution in [0.15, 0.2) is 58.8 Å². The molecule has 0 spiro atoms. The Labute approximate surface area is 150 Å². The third-order valence-corrected chi connectivity index (χ3v) is 5.35. The third kappa shape index (κ3) is 4.46. The van der Waals surface area contributed by atoms with Crippen LogP contribution in [0.25, 0.3) is 0 Å². The fraction of sp³-hybridized carbons (Fsp3) is 0.158. The minimum absolute atomic E-state index is 0.0921. The van der Waals surface area contributed by atoms with Crippen LogP contribution in [0.3, 0.4) is 0 Å². The van der Waals surface area contributed by atoms with Gasteiger partial charge >= 0.3 is 0 Å². The molecule has 0 saturated carbocycles. The van der Waals surface area contributed by atoms with E-state index in [1.54, 1.807) is 23.1 Å². The Hall–Kier alpha value is -2.11. The lowest BCUT2D eigenvalue weighted by atomic mass is 10.2. The van der Waals surface area contributed by atoms with Crippen molar-refractivity contribution in [3.8, 4) is 0 Å². The number of rotatable bonds is 5. The van der Waals surface area contributed by atoms with Gasteiger partial charge in [0.15, 0.2) is 0 Å². The first-order chi connectivity index (χ1) is 11.6. The summed E-state index contributed by atoms with van der Waals surface area (Å²) >= 11 is 3.40. The molecule has 0 radical (unpaired) electrons. The fourth-order valence-corrected chi connectivity index (χ4v) is 3.68. The van der Waals surface area contributed by atoms with Gasteiger partial charge in [0.1, 0.15) is 0 Å². The van der Waals surface area contributed by atoms with Crippen molar-refractivity contribution in [3.63, 3.8) is 0 Å². The smallest absolute Gasteiger partial charge is 0.255 e. The summed E-state index contributed by atoms with van der Waals surface area (Å²) in [4.78, 5) is 17.9. The maximum absolute atomic E-state index is 12.3. The van der Waals surface area contributed by atoms with Crippen molar-refractivity contribution in [2.75, 3.05) is 5.32 Å². The Morgan fingerprint density at radius 3 is 2.42 bits per heavy atom. The first kappa shape index (κ1) is 16.7. The molecule has 1 aromatic heterocycles. The van der Waals surface area contributed by atoms with Crippen LogP contribution in [0.2, 0.25) is 0 Å². The molecule has 3 rings (SSSR count). The fourth-order valence-electron chi connectivity index (χ4n) is 2.17. The van der Waals surface area contributed by atoms with Gasteiger partial charge in [-0.1, -0.05) is 17.7 Å². The number of thiazole rings is 1. The van der Waals surface area contributed by atoms with Crippen LogP contribution in [-0.2, 0) is 5.75 Å². The quantitative estimate of drug-likeness (QED) is 0.632. The number of aryl methyl sites for hydroxylation is 2. The maximum atomic E-state index is 12.3. The molecule has 3 aromatic rings. The number of carbonyl (C=O) groups excluding carboxylic acids is 1. The van der Waals surface area contributed by atoms with Crippen LogP contribution in [0.4, 0.5) is 5.69 Å². The zero-order valence-electron chi connectivity index (χ0n) is 13.6. The van der Waals surface area contributed by atoms with Crippen molar-refractivity contribution in [3.05, 3.63) is 75.7 Å². The van der Waals surface area contributed by atoms with E-state index in [-0.39, 0.29) is 5.91 Å². The molecule has 2 aromatic carbocycles. The summed E-state index contributed by atoms with van der Waals surface area (Å²) < 4.78 is 0. The van der Waals surface area contributed by atoms with E-state index in [1.165, 1.54) is 5.56 Å². The molecular formula is C19H18N2OS2. The second-order valence-electron chi connectivity index (χ2n) is 5.49. The van der Waals surface area contributed by atoms with E-state index >= 15 is 0 Å². The van der Waals surface area contributed by atoms with Gasteiger partial charge in [-0.15, -0.1) is 23.1 Å². The molecule has 122 valence electrons. The molecule has 0 atom stereocenters. The van der Waals surface area contributed by atoms with E-state index in [9.17, 15) is 4.79 Å². The molecule has 0 aliphatic carbocycles.